The second-order valence-electron chi connectivity index (χ2n) is 4.41. The third kappa shape index (κ3) is 4.72. The van der Waals surface area contributed by atoms with E-state index in [4.69, 9.17) is 11.6 Å². The van der Waals surface area contributed by atoms with Crippen LogP contribution >= 0.6 is 11.6 Å². The van der Waals surface area contributed by atoms with Gasteiger partial charge in [-0.2, -0.15) is 0 Å². The summed E-state index contributed by atoms with van der Waals surface area (Å²) in [5.74, 6) is -4.26. The van der Waals surface area contributed by atoms with Crippen molar-refractivity contribution in [3.05, 3.63) is 64.4 Å². The zero-order valence-electron chi connectivity index (χ0n) is 11.4. The summed E-state index contributed by atoms with van der Waals surface area (Å²) >= 11 is 5.72. The van der Waals surface area contributed by atoms with E-state index < -0.39 is 35.9 Å². The average Bonchev–Trinajstić information content (AvgIpc) is 2.46. The summed E-state index contributed by atoms with van der Waals surface area (Å²) in [4.78, 5) is 23.3. The lowest BCUT2D eigenvalue weighted by molar-refractivity contribution is -0.119. The van der Waals surface area contributed by atoms with Gasteiger partial charge in [0.05, 0.1) is 10.6 Å². The van der Waals surface area contributed by atoms with Crippen LogP contribution in [0.25, 0.3) is 0 Å². The van der Waals surface area contributed by atoms with Gasteiger partial charge >= 0.3 is 5.97 Å². The number of ether oxygens (including phenoxy) is 1. The molecular formula is C15H9ClF3NO3. The fraction of sp³-hybridized carbons (Fsp3) is 0.0667. The first-order valence-corrected chi connectivity index (χ1v) is 6.61. The zero-order valence-corrected chi connectivity index (χ0v) is 12.2. The summed E-state index contributed by atoms with van der Waals surface area (Å²) in [7, 11) is 0. The Morgan fingerprint density at radius 2 is 1.65 bits per heavy atom. The van der Waals surface area contributed by atoms with Gasteiger partial charge in [-0.3, -0.25) is 4.79 Å². The van der Waals surface area contributed by atoms with E-state index in [1.165, 1.54) is 6.07 Å². The number of hydrogen-bond donors (Lipinski definition) is 1. The van der Waals surface area contributed by atoms with Gasteiger partial charge in [0.25, 0.3) is 5.91 Å². The minimum atomic E-state index is -1.00. The fourth-order valence-electron chi connectivity index (χ4n) is 1.69. The van der Waals surface area contributed by atoms with E-state index in [0.717, 1.165) is 24.3 Å². The van der Waals surface area contributed by atoms with Crippen molar-refractivity contribution in [1.82, 2.24) is 0 Å². The summed E-state index contributed by atoms with van der Waals surface area (Å²) in [5, 5.41) is 2.12. The van der Waals surface area contributed by atoms with E-state index in [0.29, 0.717) is 6.07 Å². The van der Waals surface area contributed by atoms with Crippen LogP contribution in [0.3, 0.4) is 0 Å². The van der Waals surface area contributed by atoms with Crippen LogP contribution in [0, 0.1) is 17.5 Å². The van der Waals surface area contributed by atoms with Gasteiger partial charge in [0.15, 0.2) is 6.61 Å². The van der Waals surface area contributed by atoms with Crippen molar-refractivity contribution < 1.29 is 27.5 Å². The molecule has 0 unspecified atom stereocenters. The first kappa shape index (κ1) is 16.8. The molecule has 8 heteroatoms. The molecule has 0 aromatic heterocycles. The normalized spacial score (nSPS) is 10.3. The van der Waals surface area contributed by atoms with Crippen molar-refractivity contribution in [3.63, 3.8) is 0 Å². The first-order valence-electron chi connectivity index (χ1n) is 6.23. The highest BCUT2D eigenvalue weighted by Gasteiger charge is 2.15. The topological polar surface area (TPSA) is 55.4 Å². The third-order valence-electron chi connectivity index (χ3n) is 2.63. The summed E-state index contributed by atoms with van der Waals surface area (Å²) in [6.45, 7) is -0.732. The number of rotatable bonds is 4. The predicted octanol–water partition coefficient (Wildman–Crippen LogP) is 3.55. The van der Waals surface area contributed by atoms with Gasteiger partial charge in [-0.15, -0.1) is 0 Å². The molecular weight excluding hydrogens is 335 g/mol. The van der Waals surface area contributed by atoms with E-state index in [-0.39, 0.29) is 16.3 Å². The molecule has 0 bridgehead atoms. The molecule has 4 nitrogen and oxygen atoms in total. The third-order valence-corrected chi connectivity index (χ3v) is 2.96. The molecule has 0 saturated carbocycles. The molecule has 2 aromatic carbocycles. The fourth-order valence-corrected chi connectivity index (χ4v) is 1.88. The molecule has 0 aliphatic rings. The SMILES string of the molecule is O=C(COC(=O)c1cc(F)ccc1Cl)Nc1cc(F)cc(F)c1. The molecule has 120 valence electrons. The Bertz CT molecular complexity index is 747. The van der Waals surface area contributed by atoms with Crippen molar-refractivity contribution in [2.45, 2.75) is 0 Å². The Morgan fingerprint density at radius 1 is 1.00 bits per heavy atom. The van der Waals surface area contributed by atoms with Crippen LogP contribution in [0.4, 0.5) is 18.9 Å². The Labute approximate surface area is 133 Å². The molecule has 0 radical (unpaired) electrons. The lowest BCUT2D eigenvalue weighted by Gasteiger charge is -2.08. The summed E-state index contributed by atoms with van der Waals surface area (Å²) in [5.41, 5.74) is -0.372. The number of hydrogen-bond acceptors (Lipinski definition) is 3. The zero-order chi connectivity index (χ0) is 17.0. The number of esters is 1. The lowest BCUT2D eigenvalue weighted by atomic mass is 10.2. The van der Waals surface area contributed by atoms with Crippen LogP contribution in [0.1, 0.15) is 10.4 Å². The van der Waals surface area contributed by atoms with Gasteiger partial charge in [0.1, 0.15) is 17.5 Å². The summed E-state index contributed by atoms with van der Waals surface area (Å²) in [6.07, 6.45) is 0. The summed E-state index contributed by atoms with van der Waals surface area (Å²) in [6, 6.07) is 5.53. The maximum atomic E-state index is 13.1. The minimum absolute atomic E-state index is 0.0380. The molecule has 2 rings (SSSR count). The van der Waals surface area contributed by atoms with Crippen LogP contribution in [0.15, 0.2) is 36.4 Å². The molecule has 0 aliphatic carbocycles. The molecule has 2 aromatic rings. The number of carbonyl (C=O) groups is 2. The van der Waals surface area contributed by atoms with Crippen LogP contribution < -0.4 is 5.32 Å². The van der Waals surface area contributed by atoms with Crippen LogP contribution in [-0.2, 0) is 9.53 Å². The first-order chi connectivity index (χ1) is 10.8. The monoisotopic (exact) mass is 343 g/mol. The molecule has 23 heavy (non-hydrogen) atoms. The number of halogens is 4. The maximum absolute atomic E-state index is 13.1. The van der Waals surface area contributed by atoms with E-state index >= 15 is 0 Å². The van der Waals surface area contributed by atoms with Gasteiger partial charge in [0, 0.05) is 11.8 Å². The highest BCUT2D eigenvalue weighted by molar-refractivity contribution is 6.33. The second-order valence-corrected chi connectivity index (χ2v) is 4.81. The lowest BCUT2D eigenvalue weighted by Crippen LogP contribution is -2.21. The van der Waals surface area contributed by atoms with E-state index in [2.05, 4.69) is 10.1 Å². The molecule has 1 N–H and O–H groups in total. The Balaban J connectivity index is 1.96. The van der Waals surface area contributed by atoms with Gasteiger partial charge in [-0.1, -0.05) is 11.6 Å². The largest absolute Gasteiger partial charge is 0.452 e. The Hall–Kier alpha value is -2.54. The molecule has 0 aliphatic heterocycles. The van der Waals surface area contributed by atoms with Crippen LogP contribution in [-0.4, -0.2) is 18.5 Å². The average molecular weight is 344 g/mol. The smallest absolute Gasteiger partial charge is 0.340 e. The van der Waals surface area contributed by atoms with Crippen molar-refractivity contribution in [2.24, 2.45) is 0 Å². The molecule has 0 spiro atoms. The van der Waals surface area contributed by atoms with Crippen LogP contribution in [0.2, 0.25) is 5.02 Å². The highest BCUT2D eigenvalue weighted by atomic mass is 35.5. The number of amides is 1. The molecule has 1 amide bonds. The van der Waals surface area contributed by atoms with Crippen molar-refractivity contribution in [3.8, 4) is 0 Å². The van der Waals surface area contributed by atoms with Gasteiger partial charge in [-0.05, 0) is 30.3 Å². The van der Waals surface area contributed by atoms with Crippen LogP contribution in [0.5, 0.6) is 0 Å². The molecule has 0 atom stereocenters. The van der Waals surface area contributed by atoms with E-state index in [1.807, 2.05) is 0 Å². The molecule has 0 fully saturated rings. The molecule has 0 saturated heterocycles. The van der Waals surface area contributed by atoms with Crippen molar-refractivity contribution in [2.75, 3.05) is 11.9 Å². The van der Waals surface area contributed by atoms with Crippen molar-refractivity contribution in [1.29, 1.82) is 0 Å². The van der Waals surface area contributed by atoms with E-state index in [1.54, 1.807) is 0 Å². The van der Waals surface area contributed by atoms with Gasteiger partial charge in [0.2, 0.25) is 0 Å². The summed E-state index contributed by atoms with van der Waals surface area (Å²) < 4.78 is 43.7. The number of nitrogens with one attached hydrogen (secondary N) is 1. The van der Waals surface area contributed by atoms with E-state index in [9.17, 15) is 22.8 Å². The molecule has 0 heterocycles. The second kappa shape index (κ2) is 7.15. The standard InChI is InChI=1S/C15H9ClF3NO3/c16-13-2-1-8(17)6-12(13)15(22)23-7-14(21)20-11-4-9(18)3-10(19)5-11/h1-6H,7H2,(H,20,21). The van der Waals surface area contributed by atoms with Gasteiger partial charge in [-0.25, -0.2) is 18.0 Å². The Kier molecular flexibility index (Phi) is 5.23. The highest BCUT2D eigenvalue weighted by Crippen LogP contribution is 2.18. The predicted molar refractivity (Wildman–Crippen MR) is 76.7 cm³/mol. The number of benzene rings is 2. The number of carbonyl (C=O) groups excluding carboxylic acids is 2. The van der Waals surface area contributed by atoms with Crippen molar-refractivity contribution >= 4 is 29.2 Å². The number of anilines is 1. The maximum Gasteiger partial charge on any atom is 0.340 e. The quantitative estimate of drug-likeness (QED) is 0.864. The van der Waals surface area contributed by atoms with Gasteiger partial charge < -0.3 is 10.1 Å². The Morgan fingerprint density at radius 3 is 2.30 bits per heavy atom. The minimum Gasteiger partial charge on any atom is -0.452 e.